The van der Waals surface area contributed by atoms with E-state index in [2.05, 4.69) is 16.4 Å². The van der Waals surface area contributed by atoms with Gasteiger partial charge in [0.05, 0.1) is 22.9 Å². The van der Waals surface area contributed by atoms with Crippen molar-refractivity contribution in [1.82, 2.24) is 14.9 Å². The summed E-state index contributed by atoms with van der Waals surface area (Å²) in [5.41, 5.74) is 1.10. The number of halogens is 1. The lowest BCUT2D eigenvalue weighted by Crippen LogP contribution is -2.49. The van der Waals surface area contributed by atoms with Gasteiger partial charge in [-0.05, 0) is 31.0 Å². The molecule has 1 aromatic heterocycles. The normalized spacial score (nSPS) is 16.7. The fourth-order valence-corrected chi connectivity index (χ4v) is 4.09. The average Bonchev–Trinajstić information content (AvgIpc) is 2.89. The predicted molar refractivity (Wildman–Crippen MR) is 96.0 cm³/mol. The summed E-state index contributed by atoms with van der Waals surface area (Å²) < 4.78 is 1.95. The molecule has 2 aromatic rings. The Morgan fingerprint density at radius 1 is 1.46 bits per heavy atom. The topological polar surface area (TPSA) is 70.7 Å². The molecule has 0 atom stereocenters. The second-order valence-electron chi connectivity index (χ2n) is 6.18. The first-order valence-electron chi connectivity index (χ1n) is 8.00. The third kappa shape index (κ3) is 3.52. The monoisotopic (exact) mass is 362 g/mol. The molecule has 0 saturated heterocycles. The first kappa shape index (κ1) is 17.1. The van der Waals surface area contributed by atoms with Gasteiger partial charge in [-0.1, -0.05) is 42.6 Å². The number of aryl methyl sites for hydroxylation is 1. The maximum Gasteiger partial charge on any atom is 0.231 e. The molecule has 0 spiro atoms. The first-order chi connectivity index (χ1) is 11.5. The van der Waals surface area contributed by atoms with Crippen LogP contribution in [0.1, 0.15) is 32.1 Å². The highest BCUT2D eigenvalue weighted by Crippen LogP contribution is 2.28. The van der Waals surface area contributed by atoms with E-state index in [1.54, 1.807) is 0 Å². The molecule has 1 aromatic carbocycles. The number of imidazole rings is 1. The molecule has 7 heteroatoms. The molecule has 1 aliphatic rings. The molecule has 1 heterocycles. The van der Waals surface area contributed by atoms with Crippen LogP contribution in [0, 0.1) is 11.3 Å². The van der Waals surface area contributed by atoms with Crippen molar-refractivity contribution in [3.63, 3.8) is 0 Å². The molecule has 0 bridgehead atoms. The van der Waals surface area contributed by atoms with E-state index in [1.165, 1.54) is 11.8 Å². The van der Waals surface area contributed by atoms with E-state index in [1.807, 2.05) is 29.8 Å². The lowest BCUT2D eigenvalue weighted by molar-refractivity contribution is -0.120. The molecule has 24 heavy (non-hydrogen) atoms. The summed E-state index contributed by atoms with van der Waals surface area (Å²) in [4.78, 5) is 16.8. The van der Waals surface area contributed by atoms with Gasteiger partial charge < -0.3 is 9.88 Å². The molecule has 0 aliphatic heterocycles. The van der Waals surface area contributed by atoms with Crippen LogP contribution >= 0.6 is 23.4 Å². The Hall–Kier alpha value is -1.71. The lowest BCUT2D eigenvalue weighted by Gasteiger charge is -2.31. The number of aromatic nitrogens is 2. The Labute approximate surface area is 150 Å². The number of hydrogen-bond acceptors (Lipinski definition) is 4. The molecular formula is C17H19ClN4OS. The Bertz CT molecular complexity index is 805. The van der Waals surface area contributed by atoms with Gasteiger partial charge in [0, 0.05) is 12.1 Å². The summed E-state index contributed by atoms with van der Waals surface area (Å²) in [6, 6.07) is 7.87. The van der Waals surface area contributed by atoms with Crippen LogP contribution in [0.2, 0.25) is 5.02 Å². The molecule has 1 saturated carbocycles. The number of rotatable bonds is 4. The smallest absolute Gasteiger partial charge is 0.231 e. The summed E-state index contributed by atoms with van der Waals surface area (Å²) in [6.07, 6.45) is 4.60. The first-order valence-corrected chi connectivity index (χ1v) is 9.36. The van der Waals surface area contributed by atoms with E-state index in [-0.39, 0.29) is 11.7 Å². The standard InChI is InChI=1S/C17H19ClN4OS/c1-22-14-6-5-12(18)9-13(14)20-16(22)24-10-15(23)21-17(11-19)7-3-2-4-8-17/h5-6,9H,2-4,7-8,10H2,1H3,(H,21,23). The van der Waals surface area contributed by atoms with Gasteiger partial charge in [-0.2, -0.15) is 5.26 Å². The molecule has 126 valence electrons. The van der Waals surface area contributed by atoms with Crippen LogP contribution in [0.15, 0.2) is 23.4 Å². The van der Waals surface area contributed by atoms with Crippen molar-refractivity contribution in [3.8, 4) is 6.07 Å². The predicted octanol–water partition coefficient (Wildman–Crippen LogP) is 3.66. The number of nitrogens with one attached hydrogen (secondary N) is 1. The number of carbonyl (C=O) groups excluding carboxylic acids is 1. The van der Waals surface area contributed by atoms with E-state index in [0.29, 0.717) is 5.02 Å². The van der Waals surface area contributed by atoms with Gasteiger partial charge in [-0.25, -0.2) is 4.98 Å². The van der Waals surface area contributed by atoms with Gasteiger partial charge in [-0.15, -0.1) is 0 Å². The SMILES string of the molecule is Cn1c(SCC(=O)NC2(C#N)CCCCC2)nc2cc(Cl)ccc21. The second kappa shape index (κ2) is 7.04. The molecule has 1 amide bonds. The minimum atomic E-state index is -0.685. The van der Waals surface area contributed by atoms with Crippen LogP contribution in [0.5, 0.6) is 0 Å². The highest BCUT2D eigenvalue weighted by molar-refractivity contribution is 7.99. The van der Waals surface area contributed by atoms with E-state index >= 15 is 0 Å². The number of amides is 1. The minimum absolute atomic E-state index is 0.117. The summed E-state index contributed by atoms with van der Waals surface area (Å²) in [5.74, 6) is 0.127. The zero-order valence-electron chi connectivity index (χ0n) is 13.5. The van der Waals surface area contributed by atoms with Crippen molar-refractivity contribution in [3.05, 3.63) is 23.2 Å². The van der Waals surface area contributed by atoms with Gasteiger partial charge in [0.2, 0.25) is 5.91 Å². The highest BCUT2D eigenvalue weighted by atomic mass is 35.5. The molecular weight excluding hydrogens is 344 g/mol. The van der Waals surface area contributed by atoms with Gasteiger partial charge in [0.15, 0.2) is 5.16 Å². The van der Waals surface area contributed by atoms with Crippen LogP contribution in [0.3, 0.4) is 0 Å². The molecule has 5 nitrogen and oxygen atoms in total. The lowest BCUT2D eigenvalue weighted by atomic mass is 9.83. The molecule has 1 fully saturated rings. The van der Waals surface area contributed by atoms with Crippen molar-refractivity contribution in [2.45, 2.75) is 42.8 Å². The molecule has 0 radical (unpaired) electrons. The number of thioether (sulfide) groups is 1. The van der Waals surface area contributed by atoms with Gasteiger partial charge in [0.25, 0.3) is 0 Å². The highest BCUT2D eigenvalue weighted by Gasteiger charge is 2.33. The number of carbonyl (C=O) groups is 1. The van der Waals surface area contributed by atoms with Crippen molar-refractivity contribution in [2.24, 2.45) is 7.05 Å². The van der Waals surface area contributed by atoms with E-state index in [0.717, 1.165) is 48.3 Å². The van der Waals surface area contributed by atoms with Crippen LogP contribution in [-0.2, 0) is 11.8 Å². The Balaban J connectivity index is 1.66. The number of nitrogens with zero attached hydrogens (tertiary/aromatic N) is 3. The maximum atomic E-state index is 12.3. The zero-order valence-corrected chi connectivity index (χ0v) is 15.1. The molecule has 1 N–H and O–H groups in total. The summed E-state index contributed by atoms with van der Waals surface area (Å²) in [6.45, 7) is 0. The third-order valence-corrected chi connectivity index (χ3v) is 5.70. The maximum absolute atomic E-state index is 12.3. The Morgan fingerprint density at radius 2 is 2.21 bits per heavy atom. The largest absolute Gasteiger partial charge is 0.337 e. The minimum Gasteiger partial charge on any atom is -0.337 e. The third-order valence-electron chi connectivity index (χ3n) is 4.43. The average molecular weight is 363 g/mol. The molecule has 1 aliphatic carbocycles. The van der Waals surface area contributed by atoms with E-state index < -0.39 is 5.54 Å². The van der Waals surface area contributed by atoms with Crippen molar-refractivity contribution in [1.29, 1.82) is 5.26 Å². The summed E-state index contributed by atoms with van der Waals surface area (Å²) >= 11 is 7.37. The second-order valence-corrected chi connectivity index (χ2v) is 7.56. The van der Waals surface area contributed by atoms with Gasteiger partial charge in [0.1, 0.15) is 5.54 Å². The Kier molecular flexibility index (Phi) is 5.02. The van der Waals surface area contributed by atoms with Crippen LogP contribution in [0.4, 0.5) is 0 Å². The molecule has 0 unspecified atom stereocenters. The Morgan fingerprint density at radius 3 is 2.92 bits per heavy atom. The molecule has 3 rings (SSSR count). The van der Waals surface area contributed by atoms with Crippen molar-refractivity contribution >= 4 is 40.3 Å². The summed E-state index contributed by atoms with van der Waals surface area (Å²) in [7, 11) is 1.92. The van der Waals surface area contributed by atoms with Gasteiger partial charge >= 0.3 is 0 Å². The van der Waals surface area contributed by atoms with Crippen molar-refractivity contribution < 1.29 is 4.79 Å². The number of fused-ring (bicyclic) bond motifs is 1. The van der Waals surface area contributed by atoms with Crippen LogP contribution in [-0.4, -0.2) is 26.8 Å². The quantitative estimate of drug-likeness (QED) is 0.842. The van der Waals surface area contributed by atoms with Gasteiger partial charge in [-0.3, -0.25) is 4.79 Å². The van der Waals surface area contributed by atoms with E-state index in [4.69, 9.17) is 11.6 Å². The summed E-state index contributed by atoms with van der Waals surface area (Å²) in [5, 5.41) is 13.8. The number of hydrogen-bond donors (Lipinski definition) is 1. The fourth-order valence-electron chi connectivity index (χ4n) is 3.13. The van der Waals surface area contributed by atoms with Crippen LogP contribution in [0.25, 0.3) is 11.0 Å². The fraction of sp³-hybridized carbons (Fsp3) is 0.471. The van der Waals surface area contributed by atoms with Crippen LogP contribution < -0.4 is 5.32 Å². The van der Waals surface area contributed by atoms with E-state index in [9.17, 15) is 10.1 Å². The number of nitriles is 1. The number of benzene rings is 1. The zero-order chi connectivity index (χ0) is 17.2. The van der Waals surface area contributed by atoms with Crippen molar-refractivity contribution in [2.75, 3.05) is 5.75 Å².